The molecule has 8 nitrogen and oxygen atoms in total. The quantitative estimate of drug-likeness (QED) is 0.607. The Morgan fingerprint density at radius 3 is 2.94 bits per heavy atom. The van der Waals surface area contributed by atoms with Crippen LogP contribution in [0.2, 0.25) is 0 Å². The molecule has 2 heterocycles. The molecule has 0 aliphatic carbocycles. The Hall–Kier alpha value is -1.47. The van der Waals surface area contributed by atoms with Gasteiger partial charge in [-0.2, -0.15) is 10.1 Å². The summed E-state index contributed by atoms with van der Waals surface area (Å²) >= 11 is 0. The Balaban J connectivity index is 2.16. The lowest BCUT2D eigenvalue weighted by atomic mass is 10.5. The molecule has 2 rings (SSSR count). The molecular weight excluding hydrogens is 249 g/mol. The van der Waals surface area contributed by atoms with Gasteiger partial charge in [0.25, 0.3) is 0 Å². The van der Waals surface area contributed by atoms with Gasteiger partial charge in [-0.05, 0) is 19.1 Å². The zero-order valence-electron chi connectivity index (χ0n) is 8.85. The molecule has 9 heteroatoms. The summed E-state index contributed by atoms with van der Waals surface area (Å²) in [6.45, 7) is 1.27. The summed E-state index contributed by atoms with van der Waals surface area (Å²) in [4.78, 5) is 20.8. The average Bonchev–Trinajstić information content (AvgIpc) is 2.60. The second-order valence-corrected chi connectivity index (χ2v) is 4.46. The van der Waals surface area contributed by atoms with Crippen molar-refractivity contribution in [1.29, 1.82) is 0 Å². The number of aryl methyl sites for hydroxylation is 1. The van der Waals surface area contributed by atoms with Crippen molar-refractivity contribution in [2.24, 2.45) is 0 Å². The first kappa shape index (κ1) is 12.0. The van der Waals surface area contributed by atoms with Crippen LogP contribution in [0.15, 0.2) is 18.5 Å². The molecule has 92 valence electrons. The van der Waals surface area contributed by atoms with Crippen molar-refractivity contribution in [3.05, 3.63) is 24.2 Å². The van der Waals surface area contributed by atoms with Gasteiger partial charge in [0.05, 0.1) is 0 Å². The molecule has 0 aliphatic rings. The third-order valence-corrected chi connectivity index (χ3v) is 2.46. The highest BCUT2D eigenvalue weighted by atomic mass is 31.2. The van der Waals surface area contributed by atoms with Gasteiger partial charge in [0.15, 0.2) is 0 Å². The molecule has 2 aromatic heterocycles. The molecule has 0 unspecified atom stereocenters. The maximum absolute atomic E-state index is 10.4. The molecule has 0 aromatic carbocycles. The van der Waals surface area contributed by atoms with E-state index in [4.69, 9.17) is 14.5 Å². The standard InChI is InChI=1S/C8H10N3O5P/c1-6-2-3-7-8(9-4-10-11(6)7)15-5-16-17(12,13)14/h2-4H,5H2,1H3,(H2,12,13,14). The molecule has 2 aromatic rings. The number of phosphoric acid groups is 1. The number of fused-ring (bicyclic) bond motifs is 1. The Labute approximate surface area is 96.1 Å². The van der Waals surface area contributed by atoms with Gasteiger partial charge in [-0.15, -0.1) is 0 Å². The van der Waals surface area contributed by atoms with Crippen LogP contribution in [0.4, 0.5) is 0 Å². The lowest BCUT2D eigenvalue weighted by Crippen LogP contribution is -2.05. The smallest absolute Gasteiger partial charge is 0.448 e. The Bertz CT molecular complexity index is 578. The highest BCUT2D eigenvalue weighted by Gasteiger charge is 2.14. The Kier molecular flexibility index (Phi) is 3.12. The van der Waals surface area contributed by atoms with Crippen LogP contribution in [0.5, 0.6) is 5.88 Å². The van der Waals surface area contributed by atoms with Gasteiger partial charge in [0.1, 0.15) is 11.8 Å². The molecule has 0 spiro atoms. The SMILES string of the molecule is Cc1ccc2c(OCOP(=O)(O)O)ncnn12. The van der Waals surface area contributed by atoms with Crippen molar-refractivity contribution in [2.45, 2.75) is 6.92 Å². The molecule has 0 atom stereocenters. The second-order valence-electron chi connectivity index (χ2n) is 3.22. The summed E-state index contributed by atoms with van der Waals surface area (Å²) in [6, 6.07) is 3.56. The van der Waals surface area contributed by atoms with E-state index in [1.165, 1.54) is 6.33 Å². The van der Waals surface area contributed by atoms with Crippen molar-refractivity contribution in [3.63, 3.8) is 0 Å². The van der Waals surface area contributed by atoms with E-state index in [1.807, 2.05) is 13.0 Å². The lowest BCUT2D eigenvalue weighted by molar-refractivity contribution is 0.0803. The molecule has 0 amide bonds. The van der Waals surface area contributed by atoms with Crippen LogP contribution in [-0.4, -0.2) is 31.2 Å². The van der Waals surface area contributed by atoms with Gasteiger partial charge in [-0.1, -0.05) is 0 Å². The summed E-state index contributed by atoms with van der Waals surface area (Å²) < 4.78 is 21.2. The Morgan fingerprint density at radius 2 is 2.24 bits per heavy atom. The third kappa shape index (κ3) is 2.80. The first-order valence-corrected chi connectivity index (χ1v) is 6.12. The van der Waals surface area contributed by atoms with Crippen LogP contribution in [0.1, 0.15) is 5.69 Å². The number of aromatic nitrogens is 3. The number of hydrogen-bond acceptors (Lipinski definition) is 5. The fourth-order valence-corrected chi connectivity index (χ4v) is 1.49. The van der Waals surface area contributed by atoms with Gasteiger partial charge in [-0.3, -0.25) is 0 Å². The van der Waals surface area contributed by atoms with Crippen LogP contribution in [0.25, 0.3) is 5.52 Å². The topological polar surface area (TPSA) is 106 Å². The molecule has 17 heavy (non-hydrogen) atoms. The van der Waals surface area contributed by atoms with Crippen LogP contribution in [0.3, 0.4) is 0 Å². The minimum absolute atomic E-state index is 0.196. The predicted molar refractivity (Wildman–Crippen MR) is 56.3 cm³/mol. The van der Waals surface area contributed by atoms with Gasteiger partial charge in [0.2, 0.25) is 12.7 Å². The maximum atomic E-state index is 10.4. The monoisotopic (exact) mass is 259 g/mol. The van der Waals surface area contributed by atoms with Crippen LogP contribution < -0.4 is 4.74 Å². The Morgan fingerprint density at radius 1 is 1.47 bits per heavy atom. The van der Waals surface area contributed by atoms with E-state index >= 15 is 0 Å². The first-order valence-electron chi connectivity index (χ1n) is 4.59. The normalized spacial score (nSPS) is 11.9. The number of nitrogens with zero attached hydrogens (tertiary/aromatic N) is 3. The molecule has 0 bridgehead atoms. The zero-order chi connectivity index (χ0) is 12.5. The third-order valence-electron chi connectivity index (χ3n) is 2.02. The first-order chi connectivity index (χ1) is 7.97. The van der Waals surface area contributed by atoms with Crippen LogP contribution in [0, 0.1) is 6.92 Å². The highest BCUT2D eigenvalue weighted by molar-refractivity contribution is 7.46. The van der Waals surface area contributed by atoms with Crippen LogP contribution >= 0.6 is 7.82 Å². The van der Waals surface area contributed by atoms with E-state index in [1.54, 1.807) is 10.6 Å². The van der Waals surface area contributed by atoms with Gasteiger partial charge >= 0.3 is 7.82 Å². The van der Waals surface area contributed by atoms with Crippen molar-refractivity contribution in [2.75, 3.05) is 6.79 Å². The van der Waals surface area contributed by atoms with E-state index in [-0.39, 0.29) is 5.88 Å². The zero-order valence-corrected chi connectivity index (χ0v) is 9.74. The van der Waals surface area contributed by atoms with E-state index < -0.39 is 14.6 Å². The molecule has 0 aliphatic heterocycles. The highest BCUT2D eigenvalue weighted by Crippen LogP contribution is 2.35. The molecule has 0 saturated heterocycles. The number of rotatable bonds is 4. The molecule has 2 N–H and O–H groups in total. The fraction of sp³-hybridized carbons (Fsp3) is 0.250. The molecule has 0 radical (unpaired) electrons. The number of hydrogen-bond donors (Lipinski definition) is 2. The van der Waals surface area contributed by atoms with Crippen molar-refractivity contribution < 1.29 is 23.6 Å². The second kappa shape index (κ2) is 4.42. The molecule has 0 fully saturated rings. The molecular formula is C8H10N3O5P. The van der Waals surface area contributed by atoms with E-state index in [0.717, 1.165) is 5.69 Å². The van der Waals surface area contributed by atoms with E-state index in [0.29, 0.717) is 5.52 Å². The minimum atomic E-state index is -4.53. The van der Waals surface area contributed by atoms with Gasteiger partial charge in [0, 0.05) is 5.69 Å². The predicted octanol–water partition coefficient (Wildman–Crippen LogP) is 0.483. The summed E-state index contributed by atoms with van der Waals surface area (Å²) in [5.74, 6) is 0.196. The van der Waals surface area contributed by atoms with E-state index in [9.17, 15) is 4.57 Å². The van der Waals surface area contributed by atoms with Crippen molar-refractivity contribution >= 4 is 13.3 Å². The fourth-order valence-electron chi connectivity index (χ4n) is 1.30. The van der Waals surface area contributed by atoms with Crippen molar-refractivity contribution in [3.8, 4) is 5.88 Å². The average molecular weight is 259 g/mol. The van der Waals surface area contributed by atoms with Crippen molar-refractivity contribution in [1.82, 2.24) is 14.6 Å². The largest absolute Gasteiger partial charge is 0.472 e. The van der Waals surface area contributed by atoms with Gasteiger partial charge in [-0.25, -0.2) is 13.6 Å². The lowest BCUT2D eigenvalue weighted by Gasteiger charge is -2.07. The van der Waals surface area contributed by atoms with Crippen LogP contribution in [-0.2, 0) is 9.09 Å². The minimum Gasteiger partial charge on any atom is -0.448 e. The molecule has 0 saturated carbocycles. The summed E-state index contributed by atoms with van der Waals surface area (Å²) in [5.41, 5.74) is 1.49. The summed E-state index contributed by atoms with van der Waals surface area (Å²) in [6.07, 6.45) is 1.28. The maximum Gasteiger partial charge on any atom is 0.472 e. The van der Waals surface area contributed by atoms with Gasteiger partial charge < -0.3 is 14.5 Å². The number of phosphoric ester groups is 1. The van der Waals surface area contributed by atoms with E-state index in [2.05, 4.69) is 14.6 Å². The number of ether oxygens (including phenoxy) is 1. The summed E-state index contributed by atoms with van der Waals surface area (Å²) in [7, 11) is -4.53. The summed E-state index contributed by atoms with van der Waals surface area (Å²) in [5, 5.41) is 3.99.